The lowest BCUT2D eigenvalue weighted by Crippen LogP contribution is -2.48. The summed E-state index contributed by atoms with van der Waals surface area (Å²) in [6.45, 7) is 3.55. The highest BCUT2D eigenvalue weighted by Crippen LogP contribution is 2.28. The standard InChI is InChI=1S/C14H21NO4/c1-5-14(2,9-16)15-13(17)12-10(18-3)7-6-8-11(12)19-4/h6-8,16H,5,9H2,1-4H3,(H,15,17). The lowest BCUT2D eigenvalue weighted by atomic mass is 9.99. The van der Waals surface area contributed by atoms with Crippen LogP contribution in [0.1, 0.15) is 30.6 Å². The Morgan fingerprint density at radius 2 is 1.84 bits per heavy atom. The Bertz CT molecular complexity index is 419. The van der Waals surface area contributed by atoms with E-state index < -0.39 is 5.54 Å². The van der Waals surface area contributed by atoms with Crippen molar-refractivity contribution in [3.63, 3.8) is 0 Å². The van der Waals surface area contributed by atoms with Gasteiger partial charge in [0.05, 0.1) is 26.4 Å². The van der Waals surface area contributed by atoms with Crippen LogP contribution in [-0.2, 0) is 0 Å². The smallest absolute Gasteiger partial charge is 0.259 e. The van der Waals surface area contributed by atoms with Crippen LogP contribution in [0.3, 0.4) is 0 Å². The largest absolute Gasteiger partial charge is 0.496 e. The van der Waals surface area contributed by atoms with Gasteiger partial charge in [-0.1, -0.05) is 13.0 Å². The Balaban J connectivity index is 3.11. The number of hydrogen-bond acceptors (Lipinski definition) is 4. The van der Waals surface area contributed by atoms with Crippen LogP contribution >= 0.6 is 0 Å². The summed E-state index contributed by atoms with van der Waals surface area (Å²) >= 11 is 0. The summed E-state index contributed by atoms with van der Waals surface area (Å²) in [6.07, 6.45) is 0.618. The summed E-state index contributed by atoms with van der Waals surface area (Å²) in [6, 6.07) is 5.14. The molecule has 0 saturated carbocycles. The molecular weight excluding hydrogens is 246 g/mol. The van der Waals surface area contributed by atoms with Gasteiger partial charge in [0, 0.05) is 0 Å². The van der Waals surface area contributed by atoms with Crippen molar-refractivity contribution in [2.24, 2.45) is 0 Å². The molecule has 106 valence electrons. The van der Waals surface area contributed by atoms with Gasteiger partial charge in [0.2, 0.25) is 0 Å². The molecule has 0 aromatic heterocycles. The molecule has 1 atom stereocenters. The Hall–Kier alpha value is -1.75. The van der Waals surface area contributed by atoms with Gasteiger partial charge in [0.15, 0.2) is 0 Å². The summed E-state index contributed by atoms with van der Waals surface area (Å²) in [5.74, 6) is 0.550. The van der Waals surface area contributed by atoms with Crippen molar-refractivity contribution in [1.82, 2.24) is 5.32 Å². The maximum atomic E-state index is 12.4. The van der Waals surface area contributed by atoms with Gasteiger partial charge in [0.1, 0.15) is 17.1 Å². The first kappa shape index (κ1) is 15.3. The lowest BCUT2D eigenvalue weighted by Gasteiger charge is -2.27. The highest BCUT2D eigenvalue weighted by Gasteiger charge is 2.27. The quantitative estimate of drug-likeness (QED) is 0.821. The third-order valence-corrected chi connectivity index (χ3v) is 3.20. The minimum absolute atomic E-state index is 0.132. The topological polar surface area (TPSA) is 67.8 Å². The fourth-order valence-electron chi connectivity index (χ4n) is 1.65. The first-order valence-electron chi connectivity index (χ1n) is 6.15. The van der Waals surface area contributed by atoms with Crippen molar-refractivity contribution in [1.29, 1.82) is 0 Å². The van der Waals surface area contributed by atoms with E-state index in [-0.39, 0.29) is 12.5 Å². The van der Waals surface area contributed by atoms with Crippen LogP contribution in [0, 0.1) is 0 Å². The van der Waals surface area contributed by atoms with Gasteiger partial charge in [0.25, 0.3) is 5.91 Å². The number of aliphatic hydroxyl groups is 1. The van der Waals surface area contributed by atoms with Crippen molar-refractivity contribution in [3.8, 4) is 11.5 Å². The zero-order valence-corrected chi connectivity index (χ0v) is 11.8. The van der Waals surface area contributed by atoms with Crippen molar-refractivity contribution in [2.75, 3.05) is 20.8 Å². The monoisotopic (exact) mass is 267 g/mol. The van der Waals surface area contributed by atoms with Crippen molar-refractivity contribution < 1.29 is 19.4 Å². The van der Waals surface area contributed by atoms with Crippen LogP contribution in [0.4, 0.5) is 0 Å². The number of benzene rings is 1. The second-order valence-electron chi connectivity index (χ2n) is 4.56. The van der Waals surface area contributed by atoms with Crippen molar-refractivity contribution in [3.05, 3.63) is 23.8 Å². The average molecular weight is 267 g/mol. The molecule has 0 fully saturated rings. The number of hydrogen-bond donors (Lipinski definition) is 2. The van der Waals surface area contributed by atoms with Crippen LogP contribution in [0.25, 0.3) is 0 Å². The van der Waals surface area contributed by atoms with E-state index in [1.54, 1.807) is 25.1 Å². The Kier molecular flexibility index (Phi) is 5.18. The molecule has 0 radical (unpaired) electrons. The highest BCUT2D eigenvalue weighted by molar-refractivity contribution is 6.00. The number of methoxy groups -OCH3 is 2. The maximum absolute atomic E-state index is 12.4. The maximum Gasteiger partial charge on any atom is 0.259 e. The first-order valence-corrected chi connectivity index (χ1v) is 6.15. The van der Waals surface area contributed by atoms with Gasteiger partial charge in [-0.05, 0) is 25.5 Å². The lowest BCUT2D eigenvalue weighted by molar-refractivity contribution is 0.0841. The van der Waals surface area contributed by atoms with Gasteiger partial charge in [-0.2, -0.15) is 0 Å². The van der Waals surface area contributed by atoms with E-state index in [0.717, 1.165) is 0 Å². The number of amides is 1. The predicted octanol–water partition coefficient (Wildman–Crippen LogP) is 1.59. The molecule has 0 spiro atoms. The van der Waals surface area contributed by atoms with Crippen LogP contribution in [-0.4, -0.2) is 37.4 Å². The van der Waals surface area contributed by atoms with Crippen LogP contribution in [0.15, 0.2) is 18.2 Å². The van der Waals surface area contributed by atoms with Gasteiger partial charge in [-0.25, -0.2) is 0 Å². The van der Waals surface area contributed by atoms with Gasteiger partial charge >= 0.3 is 0 Å². The molecule has 1 rings (SSSR count). The molecule has 19 heavy (non-hydrogen) atoms. The summed E-state index contributed by atoms with van der Waals surface area (Å²) in [7, 11) is 2.99. The Morgan fingerprint density at radius 3 is 2.21 bits per heavy atom. The van der Waals surface area contributed by atoms with E-state index in [2.05, 4.69) is 5.32 Å². The molecule has 0 bridgehead atoms. The number of aliphatic hydroxyl groups excluding tert-OH is 1. The minimum atomic E-state index is -0.664. The number of ether oxygens (including phenoxy) is 2. The fraction of sp³-hybridized carbons (Fsp3) is 0.500. The molecule has 1 aromatic rings. The molecule has 0 aliphatic carbocycles. The molecule has 5 heteroatoms. The average Bonchev–Trinajstić information content (AvgIpc) is 2.45. The van der Waals surface area contributed by atoms with E-state index in [1.165, 1.54) is 14.2 Å². The van der Waals surface area contributed by atoms with Gasteiger partial charge < -0.3 is 19.9 Å². The zero-order valence-electron chi connectivity index (χ0n) is 11.8. The SMILES string of the molecule is CCC(C)(CO)NC(=O)c1c(OC)cccc1OC. The van der Waals surface area contributed by atoms with E-state index in [0.29, 0.717) is 23.5 Å². The molecule has 0 aliphatic rings. The third kappa shape index (κ3) is 3.38. The molecule has 0 saturated heterocycles. The Labute approximate surface area is 113 Å². The summed E-state index contributed by atoms with van der Waals surface area (Å²) < 4.78 is 10.4. The van der Waals surface area contributed by atoms with Crippen LogP contribution in [0.5, 0.6) is 11.5 Å². The first-order chi connectivity index (χ1) is 9.01. The van der Waals surface area contributed by atoms with Crippen LogP contribution < -0.4 is 14.8 Å². The van der Waals surface area contributed by atoms with E-state index in [9.17, 15) is 9.90 Å². The van der Waals surface area contributed by atoms with Gasteiger partial charge in [-0.15, -0.1) is 0 Å². The third-order valence-electron chi connectivity index (χ3n) is 3.20. The molecule has 2 N–H and O–H groups in total. The van der Waals surface area contributed by atoms with E-state index >= 15 is 0 Å². The number of carbonyl (C=O) groups excluding carboxylic acids is 1. The van der Waals surface area contributed by atoms with E-state index in [1.807, 2.05) is 6.92 Å². The number of rotatable bonds is 6. The van der Waals surface area contributed by atoms with E-state index in [4.69, 9.17) is 9.47 Å². The number of carbonyl (C=O) groups is 1. The minimum Gasteiger partial charge on any atom is -0.496 e. The number of nitrogens with one attached hydrogen (secondary N) is 1. The molecule has 1 aromatic carbocycles. The molecular formula is C14H21NO4. The van der Waals surface area contributed by atoms with Crippen molar-refractivity contribution >= 4 is 5.91 Å². The summed E-state index contributed by atoms with van der Waals surface area (Å²) in [5, 5.41) is 12.2. The predicted molar refractivity (Wildman–Crippen MR) is 72.8 cm³/mol. The molecule has 0 aliphatic heterocycles. The molecule has 1 unspecified atom stereocenters. The molecule has 0 heterocycles. The van der Waals surface area contributed by atoms with Crippen LogP contribution in [0.2, 0.25) is 0 Å². The summed E-state index contributed by atoms with van der Waals surface area (Å²) in [4.78, 5) is 12.4. The zero-order chi connectivity index (χ0) is 14.5. The van der Waals surface area contributed by atoms with Crippen molar-refractivity contribution in [2.45, 2.75) is 25.8 Å². The molecule has 5 nitrogen and oxygen atoms in total. The Morgan fingerprint density at radius 1 is 1.32 bits per heavy atom. The molecule has 1 amide bonds. The summed E-state index contributed by atoms with van der Waals surface area (Å²) in [5.41, 5.74) is -0.330. The van der Waals surface area contributed by atoms with Gasteiger partial charge in [-0.3, -0.25) is 4.79 Å². The normalized spacial score (nSPS) is 13.5. The fourth-order valence-corrected chi connectivity index (χ4v) is 1.65. The second-order valence-corrected chi connectivity index (χ2v) is 4.56. The highest BCUT2D eigenvalue weighted by atomic mass is 16.5. The second kappa shape index (κ2) is 6.43.